The Morgan fingerprint density at radius 1 is 1.12 bits per heavy atom. The van der Waals surface area contributed by atoms with E-state index in [0.717, 1.165) is 24.2 Å². The van der Waals surface area contributed by atoms with E-state index in [4.69, 9.17) is 21.1 Å². The quantitative estimate of drug-likeness (QED) is 0.598. The predicted molar refractivity (Wildman–Crippen MR) is 129 cm³/mol. The lowest BCUT2D eigenvalue weighted by atomic mass is 9.77. The topological polar surface area (TPSA) is 76.9 Å². The van der Waals surface area contributed by atoms with Gasteiger partial charge in [-0.15, -0.1) is 0 Å². The van der Waals surface area contributed by atoms with E-state index in [1.165, 1.54) is 0 Å². The highest BCUT2D eigenvalue weighted by molar-refractivity contribution is 6.30. The van der Waals surface area contributed by atoms with Crippen LogP contribution in [0.2, 0.25) is 5.02 Å². The summed E-state index contributed by atoms with van der Waals surface area (Å²) in [5.41, 5.74) is 1.38. The van der Waals surface area contributed by atoms with Gasteiger partial charge in [0, 0.05) is 48.7 Å². The standard InChI is InChI=1S/C25H33ClN4O4/c1-19-13-20(2)30(27-19)16-24(32)29-8-4-7-25(17-29,15-23(31)28-9-11-33-12-10-28)18-34-22-6-3-5-21(26)14-22/h3,5-6,13-14H,4,7-12,15-18H2,1-2H3/t25-/m0/s1. The van der Waals surface area contributed by atoms with E-state index in [9.17, 15) is 9.59 Å². The first kappa shape index (κ1) is 24.5. The van der Waals surface area contributed by atoms with E-state index < -0.39 is 5.41 Å². The molecule has 2 amide bonds. The molecule has 0 aliphatic carbocycles. The summed E-state index contributed by atoms with van der Waals surface area (Å²) in [6.45, 7) is 7.88. The minimum absolute atomic E-state index is 0.0110. The minimum Gasteiger partial charge on any atom is -0.493 e. The number of nitrogens with zero attached hydrogens (tertiary/aromatic N) is 4. The zero-order valence-electron chi connectivity index (χ0n) is 20.0. The summed E-state index contributed by atoms with van der Waals surface area (Å²) in [5.74, 6) is 0.763. The maximum absolute atomic E-state index is 13.2. The van der Waals surface area contributed by atoms with Crippen LogP contribution in [-0.2, 0) is 20.9 Å². The molecular formula is C25H33ClN4O4. The van der Waals surface area contributed by atoms with Crippen molar-refractivity contribution in [2.24, 2.45) is 5.41 Å². The van der Waals surface area contributed by atoms with Crippen LogP contribution >= 0.6 is 11.6 Å². The number of aromatic nitrogens is 2. The Morgan fingerprint density at radius 2 is 1.91 bits per heavy atom. The van der Waals surface area contributed by atoms with Crippen LogP contribution in [0.4, 0.5) is 0 Å². The first-order valence-electron chi connectivity index (χ1n) is 11.9. The number of morpholine rings is 1. The Hall–Kier alpha value is -2.58. The molecule has 8 nitrogen and oxygen atoms in total. The van der Waals surface area contributed by atoms with Crippen molar-refractivity contribution >= 4 is 23.4 Å². The van der Waals surface area contributed by atoms with Crippen LogP contribution in [-0.4, -0.2) is 77.4 Å². The van der Waals surface area contributed by atoms with Crippen LogP contribution in [0.15, 0.2) is 30.3 Å². The average molecular weight is 489 g/mol. The van der Waals surface area contributed by atoms with Crippen molar-refractivity contribution in [3.63, 3.8) is 0 Å². The van der Waals surface area contributed by atoms with Crippen molar-refractivity contribution in [1.82, 2.24) is 19.6 Å². The van der Waals surface area contributed by atoms with Gasteiger partial charge >= 0.3 is 0 Å². The molecule has 2 fully saturated rings. The molecule has 0 N–H and O–H groups in total. The van der Waals surface area contributed by atoms with Crippen LogP contribution in [0, 0.1) is 19.3 Å². The number of hydrogen-bond donors (Lipinski definition) is 0. The third-order valence-corrected chi connectivity index (χ3v) is 6.87. The van der Waals surface area contributed by atoms with Gasteiger partial charge in [-0.05, 0) is 51.0 Å². The molecule has 0 spiro atoms. The SMILES string of the molecule is Cc1cc(C)n(CC(=O)N2CCC[C@](COc3cccc(Cl)c3)(CC(=O)N3CCOCC3)C2)n1. The zero-order valence-corrected chi connectivity index (χ0v) is 20.7. The van der Waals surface area contributed by atoms with Crippen molar-refractivity contribution in [3.05, 3.63) is 46.7 Å². The van der Waals surface area contributed by atoms with Crippen molar-refractivity contribution in [2.45, 2.75) is 39.7 Å². The van der Waals surface area contributed by atoms with Gasteiger partial charge in [0.25, 0.3) is 0 Å². The van der Waals surface area contributed by atoms with Gasteiger partial charge < -0.3 is 19.3 Å². The number of aryl methyl sites for hydroxylation is 2. The van der Waals surface area contributed by atoms with Gasteiger partial charge in [0.1, 0.15) is 12.3 Å². The number of rotatable bonds is 7. The van der Waals surface area contributed by atoms with Crippen LogP contribution in [0.25, 0.3) is 0 Å². The fourth-order valence-electron chi connectivity index (χ4n) is 4.84. The maximum Gasteiger partial charge on any atom is 0.244 e. The molecule has 2 aliphatic heterocycles. The largest absolute Gasteiger partial charge is 0.493 e. The molecule has 34 heavy (non-hydrogen) atoms. The van der Waals surface area contributed by atoms with E-state index in [0.29, 0.717) is 63.2 Å². The van der Waals surface area contributed by atoms with E-state index in [-0.39, 0.29) is 18.4 Å². The highest BCUT2D eigenvalue weighted by Crippen LogP contribution is 2.36. The Kier molecular flexibility index (Phi) is 7.78. The van der Waals surface area contributed by atoms with Crippen LogP contribution in [0.1, 0.15) is 30.7 Å². The minimum atomic E-state index is -0.472. The lowest BCUT2D eigenvalue weighted by molar-refractivity contribution is -0.144. The van der Waals surface area contributed by atoms with Crippen LogP contribution < -0.4 is 4.74 Å². The Labute approximate surface area is 205 Å². The van der Waals surface area contributed by atoms with E-state index in [1.807, 2.05) is 41.8 Å². The Balaban J connectivity index is 1.50. The third kappa shape index (κ3) is 6.10. The Morgan fingerprint density at radius 3 is 2.62 bits per heavy atom. The summed E-state index contributed by atoms with van der Waals surface area (Å²) in [6.07, 6.45) is 1.96. The van der Waals surface area contributed by atoms with Crippen LogP contribution in [0.5, 0.6) is 5.75 Å². The molecule has 0 unspecified atom stereocenters. The molecule has 2 aromatic rings. The van der Waals surface area contributed by atoms with Gasteiger partial charge in [-0.1, -0.05) is 17.7 Å². The predicted octanol–water partition coefficient (Wildman–Crippen LogP) is 3.09. The van der Waals surface area contributed by atoms with E-state index >= 15 is 0 Å². The van der Waals surface area contributed by atoms with Crippen molar-refractivity contribution in [2.75, 3.05) is 46.0 Å². The average Bonchev–Trinajstić information content (AvgIpc) is 3.15. The van der Waals surface area contributed by atoms with Gasteiger partial charge in [-0.25, -0.2) is 0 Å². The lowest BCUT2D eigenvalue weighted by Crippen LogP contribution is -2.52. The fraction of sp³-hybridized carbons (Fsp3) is 0.560. The van der Waals surface area contributed by atoms with Crippen molar-refractivity contribution < 1.29 is 19.1 Å². The highest BCUT2D eigenvalue weighted by atomic mass is 35.5. The van der Waals surface area contributed by atoms with Gasteiger partial charge in [-0.3, -0.25) is 14.3 Å². The second kappa shape index (κ2) is 10.8. The van der Waals surface area contributed by atoms with E-state index in [2.05, 4.69) is 5.10 Å². The number of ether oxygens (including phenoxy) is 2. The second-order valence-electron chi connectivity index (χ2n) is 9.42. The molecule has 0 saturated carbocycles. The molecule has 0 bridgehead atoms. The summed E-state index contributed by atoms with van der Waals surface area (Å²) < 4.78 is 13.3. The summed E-state index contributed by atoms with van der Waals surface area (Å²) in [6, 6.07) is 9.24. The molecule has 1 atom stereocenters. The maximum atomic E-state index is 13.2. The smallest absolute Gasteiger partial charge is 0.244 e. The molecule has 1 aromatic heterocycles. The molecule has 0 radical (unpaired) electrons. The molecule has 184 valence electrons. The number of halogens is 1. The van der Waals surface area contributed by atoms with Gasteiger partial charge in [0.05, 0.1) is 25.5 Å². The third-order valence-electron chi connectivity index (χ3n) is 6.63. The fourth-order valence-corrected chi connectivity index (χ4v) is 5.02. The summed E-state index contributed by atoms with van der Waals surface area (Å²) in [5, 5.41) is 5.03. The number of benzene rings is 1. The monoisotopic (exact) mass is 488 g/mol. The van der Waals surface area contributed by atoms with Crippen molar-refractivity contribution in [1.29, 1.82) is 0 Å². The summed E-state index contributed by atoms with van der Waals surface area (Å²) >= 11 is 6.13. The number of piperidine rings is 1. The molecule has 2 saturated heterocycles. The Bertz CT molecular complexity index is 1020. The highest BCUT2D eigenvalue weighted by Gasteiger charge is 2.41. The molecule has 3 heterocycles. The first-order valence-corrected chi connectivity index (χ1v) is 12.2. The van der Waals surface area contributed by atoms with E-state index in [1.54, 1.807) is 16.8 Å². The number of carbonyl (C=O) groups excluding carboxylic acids is 2. The van der Waals surface area contributed by atoms with Crippen LogP contribution in [0.3, 0.4) is 0 Å². The molecule has 2 aliphatic rings. The molecule has 9 heteroatoms. The number of amides is 2. The summed E-state index contributed by atoms with van der Waals surface area (Å²) in [4.78, 5) is 30.2. The number of carbonyl (C=O) groups is 2. The van der Waals surface area contributed by atoms with Crippen molar-refractivity contribution in [3.8, 4) is 5.75 Å². The molecule has 1 aromatic carbocycles. The normalized spacial score (nSPS) is 20.9. The zero-order chi connectivity index (χ0) is 24.1. The number of hydrogen-bond acceptors (Lipinski definition) is 5. The lowest BCUT2D eigenvalue weighted by Gasteiger charge is -2.43. The number of likely N-dealkylation sites (tertiary alicyclic amines) is 1. The van der Waals surface area contributed by atoms with Gasteiger partial charge in [0.2, 0.25) is 11.8 Å². The molecular weight excluding hydrogens is 456 g/mol. The molecule has 4 rings (SSSR count). The van der Waals surface area contributed by atoms with Gasteiger partial charge in [-0.2, -0.15) is 5.10 Å². The van der Waals surface area contributed by atoms with Gasteiger partial charge in [0.15, 0.2) is 0 Å². The second-order valence-corrected chi connectivity index (χ2v) is 9.86. The first-order chi connectivity index (χ1) is 16.3. The summed E-state index contributed by atoms with van der Waals surface area (Å²) in [7, 11) is 0.